The fourth-order valence-corrected chi connectivity index (χ4v) is 2.35. The molecule has 6 heteroatoms. The third-order valence-electron chi connectivity index (χ3n) is 2.71. The zero-order valence-corrected chi connectivity index (χ0v) is 11.4. The Balaban J connectivity index is 1.68. The molecule has 102 valence electrons. The summed E-state index contributed by atoms with van der Waals surface area (Å²) in [5, 5.41) is 5.86. The van der Waals surface area contributed by atoms with Crippen molar-refractivity contribution in [3.05, 3.63) is 46.2 Å². The molecule has 1 amide bonds. The molecule has 0 radical (unpaired) electrons. The van der Waals surface area contributed by atoms with Crippen molar-refractivity contribution in [1.29, 1.82) is 0 Å². The van der Waals surface area contributed by atoms with Crippen molar-refractivity contribution in [2.24, 2.45) is 5.10 Å². The van der Waals surface area contributed by atoms with Gasteiger partial charge in [0.25, 0.3) is 5.91 Å². The van der Waals surface area contributed by atoms with Crippen molar-refractivity contribution in [3.8, 4) is 11.5 Å². The number of fused-ring (bicyclic) bond motifs is 1. The van der Waals surface area contributed by atoms with E-state index in [1.54, 1.807) is 35.8 Å². The molecule has 0 bridgehead atoms. The van der Waals surface area contributed by atoms with Gasteiger partial charge in [-0.3, -0.25) is 4.79 Å². The average molecular weight is 288 g/mol. The van der Waals surface area contributed by atoms with E-state index in [0.29, 0.717) is 30.3 Å². The molecule has 20 heavy (non-hydrogen) atoms. The molecule has 0 saturated heterocycles. The van der Waals surface area contributed by atoms with Gasteiger partial charge in [-0.15, -0.1) is 11.3 Å². The highest BCUT2D eigenvalue weighted by Crippen LogP contribution is 2.30. The lowest BCUT2D eigenvalue weighted by Crippen LogP contribution is -2.19. The van der Waals surface area contributed by atoms with Gasteiger partial charge >= 0.3 is 0 Å². The van der Waals surface area contributed by atoms with Crippen LogP contribution in [0.4, 0.5) is 0 Å². The van der Waals surface area contributed by atoms with Crippen molar-refractivity contribution in [2.45, 2.75) is 0 Å². The number of benzene rings is 1. The lowest BCUT2D eigenvalue weighted by atomic mass is 10.2. The average Bonchev–Trinajstić information content (AvgIpc) is 3.00. The Morgan fingerprint density at radius 1 is 1.25 bits per heavy atom. The molecule has 0 unspecified atom stereocenters. The van der Waals surface area contributed by atoms with Crippen LogP contribution in [-0.4, -0.2) is 25.3 Å². The zero-order valence-electron chi connectivity index (χ0n) is 10.5. The zero-order chi connectivity index (χ0) is 13.8. The second kappa shape index (κ2) is 5.75. The fraction of sp³-hybridized carbons (Fsp3) is 0.143. The molecule has 0 spiro atoms. The molecule has 1 aromatic heterocycles. The molecular formula is C14H12N2O3S. The third kappa shape index (κ3) is 2.80. The van der Waals surface area contributed by atoms with E-state index in [4.69, 9.17) is 9.47 Å². The number of carbonyl (C=O) groups is 1. The molecule has 1 aliphatic rings. The fourth-order valence-electron chi connectivity index (χ4n) is 1.77. The van der Waals surface area contributed by atoms with Crippen molar-refractivity contribution in [3.63, 3.8) is 0 Å². The van der Waals surface area contributed by atoms with Gasteiger partial charge < -0.3 is 9.47 Å². The van der Waals surface area contributed by atoms with Crippen molar-refractivity contribution < 1.29 is 14.3 Å². The number of carbonyl (C=O) groups excluding carboxylic acids is 1. The predicted molar refractivity (Wildman–Crippen MR) is 76.8 cm³/mol. The summed E-state index contributed by atoms with van der Waals surface area (Å²) in [5.41, 5.74) is 2.97. The maximum atomic E-state index is 11.9. The molecule has 0 aliphatic carbocycles. The molecule has 0 fully saturated rings. The summed E-state index contributed by atoms with van der Waals surface area (Å²) in [5.74, 6) is 0.968. The van der Waals surface area contributed by atoms with Crippen LogP contribution in [0.5, 0.6) is 11.5 Å². The highest BCUT2D eigenvalue weighted by molar-refractivity contribution is 7.11. The van der Waals surface area contributed by atoms with Gasteiger partial charge in [-0.1, -0.05) is 6.07 Å². The normalized spacial score (nSPS) is 13.4. The van der Waals surface area contributed by atoms with E-state index in [2.05, 4.69) is 10.5 Å². The van der Waals surface area contributed by atoms with E-state index in [1.807, 2.05) is 17.5 Å². The molecule has 2 heterocycles. The molecule has 0 atom stereocenters. The Morgan fingerprint density at radius 2 is 2.10 bits per heavy atom. The number of nitrogens with one attached hydrogen (secondary N) is 1. The van der Waals surface area contributed by atoms with Crippen LogP contribution in [-0.2, 0) is 0 Å². The van der Waals surface area contributed by atoms with Crippen LogP contribution in [0.3, 0.4) is 0 Å². The Hall–Kier alpha value is -2.34. The van der Waals surface area contributed by atoms with Crippen LogP contribution in [0, 0.1) is 0 Å². The third-order valence-corrected chi connectivity index (χ3v) is 3.51. The van der Waals surface area contributed by atoms with Crippen molar-refractivity contribution in [1.82, 2.24) is 5.43 Å². The van der Waals surface area contributed by atoms with Crippen molar-refractivity contribution in [2.75, 3.05) is 13.2 Å². The SMILES string of the molecule is O=C(N/N=C/c1cccs1)c1ccc2c(c1)OCCO2. The molecule has 2 aromatic rings. The highest BCUT2D eigenvalue weighted by Gasteiger charge is 2.14. The molecule has 1 N–H and O–H groups in total. The topological polar surface area (TPSA) is 59.9 Å². The number of hydrogen-bond acceptors (Lipinski definition) is 5. The smallest absolute Gasteiger partial charge is 0.271 e. The first-order valence-corrected chi connectivity index (χ1v) is 6.97. The summed E-state index contributed by atoms with van der Waals surface area (Å²) in [6.07, 6.45) is 1.61. The standard InChI is InChI=1S/C14H12N2O3S/c17-14(16-15-9-11-2-1-7-20-11)10-3-4-12-13(8-10)19-6-5-18-12/h1-4,7-9H,5-6H2,(H,16,17)/b15-9+. The first-order chi connectivity index (χ1) is 9.83. The second-order valence-corrected chi connectivity index (χ2v) is 5.05. The Labute approximate surface area is 119 Å². The number of hydrazone groups is 1. The van der Waals surface area contributed by atoms with Crippen LogP contribution in [0.15, 0.2) is 40.8 Å². The summed E-state index contributed by atoms with van der Waals surface area (Å²) in [6.45, 7) is 1.03. The minimum Gasteiger partial charge on any atom is -0.486 e. The van der Waals surface area contributed by atoms with Gasteiger partial charge in [-0.05, 0) is 29.6 Å². The van der Waals surface area contributed by atoms with Gasteiger partial charge in [0, 0.05) is 10.4 Å². The van der Waals surface area contributed by atoms with Gasteiger partial charge in [0.1, 0.15) is 13.2 Å². The van der Waals surface area contributed by atoms with E-state index in [9.17, 15) is 4.79 Å². The Bertz CT molecular complexity index is 638. The largest absolute Gasteiger partial charge is 0.486 e. The van der Waals surface area contributed by atoms with Crippen LogP contribution in [0.1, 0.15) is 15.2 Å². The van der Waals surface area contributed by atoms with Gasteiger partial charge in [-0.25, -0.2) is 5.43 Å². The highest BCUT2D eigenvalue weighted by atomic mass is 32.1. The lowest BCUT2D eigenvalue weighted by molar-refractivity contribution is 0.0954. The lowest BCUT2D eigenvalue weighted by Gasteiger charge is -2.18. The maximum Gasteiger partial charge on any atom is 0.271 e. The van der Waals surface area contributed by atoms with Crippen LogP contribution < -0.4 is 14.9 Å². The van der Waals surface area contributed by atoms with Crippen LogP contribution >= 0.6 is 11.3 Å². The second-order valence-electron chi connectivity index (χ2n) is 4.07. The van der Waals surface area contributed by atoms with Gasteiger partial charge in [0.2, 0.25) is 0 Å². The van der Waals surface area contributed by atoms with Crippen molar-refractivity contribution >= 4 is 23.5 Å². The predicted octanol–water partition coefficient (Wildman–Crippen LogP) is 2.28. The molecule has 0 saturated carbocycles. The maximum absolute atomic E-state index is 11.9. The van der Waals surface area contributed by atoms with E-state index in [1.165, 1.54) is 0 Å². The Morgan fingerprint density at radius 3 is 2.90 bits per heavy atom. The number of ether oxygens (including phenoxy) is 2. The van der Waals surface area contributed by atoms with Gasteiger partial charge in [-0.2, -0.15) is 5.10 Å². The van der Waals surface area contributed by atoms with E-state index >= 15 is 0 Å². The van der Waals surface area contributed by atoms with Crippen LogP contribution in [0.25, 0.3) is 0 Å². The van der Waals surface area contributed by atoms with Crippen LogP contribution in [0.2, 0.25) is 0 Å². The van der Waals surface area contributed by atoms with E-state index < -0.39 is 0 Å². The number of rotatable bonds is 3. The summed E-state index contributed by atoms with van der Waals surface area (Å²) < 4.78 is 10.8. The summed E-state index contributed by atoms with van der Waals surface area (Å²) in [7, 11) is 0. The number of thiophene rings is 1. The minimum absolute atomic E-state index is 0.283. The number of nitrogens with zero attached hydrogens (tertiary/aromatic N) is 1. The molecular weight excluding hydrogens is 276 g/mol. The number of hydrogen-bond donors (Lipinski definition) is 1. The van der Waals surface area contributed by atoms with E-state index in [0.717, 1.165) is 4.88 Å². The van der Waals surface area contributed by atoms with E-state index in [-0.39, 0.29) is 5.91 Å². The molecule has 1 aliphatic heterocycles. The molecule has 5 nitrogen and oxygen atoms in total. The summed E-state index contributed by atoms with van der Waals surface area (Å²) in [4.78, 5) is 12.9. The summed E-state index contributed by atoms with van der Waals surface area (Å²) in [6, 6.07) is 8.92. The molecule has 1 aromatic carbocycles. The molecule has 3 rings (SSSR count). The first kappa shape index (κ1) is 12.7. The quantitative estimate of drug-likeness (QED) is 0.696. The minimum atomic E-state index is -0.283. The Kier molecular flexibility index (Phi) is 3.64. The summed E-state index contributed by atoms with van der Waals surface area (Å²) >= 11 is 1.55. The van der Waals surface area contributed by atoms with Gasteiger partial charge in [0.15, 0.2) is 11.5 Å². The first-order valence-electron chi connectivity index (χ1n) is 6.09. The van der Waals surface area contributed by atoms with Gasteiger partial charge in [0.05, 0.1) is 6.21 Å². The monoisotopic (exact) mass is 288 g/mol. The number of amides is 1.